The normalized spacial score (nSPS) is 12.8. The van der Waals surface area contributed by atoms with Gasteiger partial charge < -0.3 is 10.4 Å². The number of pyridine rings is 1. The Hall–Kier alpha value is -0.450. The first-order chi connectivity index (χ1) is 6.22. The fourth-order valence-corrected chi connectivity index (χ4v) is 1.56. The van der Waals surface area contributed by atoms with Gasteiger partial charge in [0.1, 0.15) is 0 Å². The standard InChI is InChI=1S/C9H13BrN2O/c1-11-6-9(13)3-7-2-8(10)5-12-4-7/h2,4-5,9,11,13H,3,6H2,1H3. The van der Waals surface area contributed by atoms with Gasteiger partial charge in [-0.3, -0.25) is 4.98 Å². The molecule has 13 heavy (non-hydrogen) atoms. The van der Waals surface area contributed by atoms with Gasteiger partial charge in [0.25, 0.3) is 0 Å². The van der Waals surface area contributed by atoms with E-state index >= 15 is 0 Å². The van der Waals surface area contributed by atoms with Crippen LogP contribution in [0.5, 0.6) is 0 Å². The van der Waals surface area contributed by atoms with Crippen LogP contribution >= 0.6 is 15.9 Å². The lowest BCUT2D eigenvalue weighted by Gasteiger charge is -2.09. The Morgan fingerprint density at radius 2 is 2.38 bits per heavy atom. The van der Waals surface area contributed by atoms with Gasteiger partial charge >= 0.3 is 0 Å². The summed E-state index contributed by atoms with van der Waals surface area (Å²) >= 11 is 3.33. The van der Waals surface area contributed by atoms with Gasteiger partial charge in [-0.15, -0.1) is 0 Å². The summed E-state index contributed by atoms with van der Waals surface area (Å²) in [5.41, 5.74) is 1.04. The molecule has 0 amide bonds. The van der Waals surface area contributed by atoms with Crippen LogP contribution in [-0.2, 0) is 6.42 Å². The number of hydrogen-bond acceptors (Lipinski definition) is 3. The average molecular weight is 245 g/mol. The van der Waals surface area contributed by atoms with Crippen molar-refractivity contribution in [3.63, 3.8) is 0 Å². The molecule has 1 aromatic heterocycles. The second-order valence-electron chi connectivity index (χ2n) is 2.93. The van der Waals surface area contributed by atoms with Crippen molar-refractivity contribution in [1.82, 2.24) is 10.3 Å². The molecule has 0 aromatic carbocycles. The highest BCUT2D eigenvalue weighted by Gasteiger charge is 2.04. The molecule has 2 N–H and O–H groups in total. The topological polar surface area (TPSA) is 45.1 Å². The lowest BCUT2D eigenvalue weighted by Crippen LogP contribution is -2.25. The zero-order valence-corrected chi connectivity index (χ0v) is 9.08. The minimum Gasteiger partial charge on any atom is -0.391 e. The van der Waals surface area contributed by atoms with Crippen molar-refractivity contribution in [3.05, 3.63) is 28.5 Å². The SMILES string of the molecule is CNCC(O)Cc1cncc(Br)c1. The predicted octanol–water partition coefficient (Wildman–Crippen LogP) is 0.967. The van der Waals surface area contributed by atoms with Crippen molar-refractivity contribution in [2.45, 2.75) is 12.5 Å². The fourth-order valence-electron chi connectivity index (χ4n) is 1.15. The maximum absolute atomic E-state index is 9.49. The Morgan fingerprint density at radius 1 is 1.62 bits per heavy atom. The summed E-state index contributed by atoms with van der Waals surface area (Å²) in [6, 6.07) is 1.96. The molecule has 3 nitrogen and oxygen atoms in total. The molecule has 1 unspecified atom stereocenters. The van der Waals surface area contributed by atoms with E-state index in [0.717, 1.165) is 10.0 Å². The maximum atomic E-state index is 9.49. The van der Waals surface area contributed by atoms with Crippen LogP contribution < -0.4 is 5.32 Å². The largest absolute Gasteiger partial charge is 0.391 e. The minimum absolute atomic E-state index is 0.346. The lowest BCUT2D eigenvalue weighted by molar-refractivity contribution is 0.174. The van der Waals surface area contributed by atoms with E-state index in [9.17, 15) is 5.11 Å². The third-order valence-corrected chi connectivity index (χ3v) is 2.11. The number of aromatic nitrogens is 1. The first-order valence-electron chi connectivity index (χ1n) is 4.14. The molecule has 1 rings (SSSR count). The molecular weight excluding hydrogens is 232 g/mol. The highest BCUT2D eigenvalue weighted by Crippen LogP contribution is 2.10. The zero-order valence-electron chi connectivity index (χ0n) is 7.50. The number of halogens is 1. The van der Waals surface area contributed by atoms with E-state index in [1.54, 1.807) is 12.4 Å². The van der Waals surface area contributed by atoms with Gasteiger partial charge in [-0.05, 0) is 34.6 Å². The van der Waals surface area contributed by atoms with Gasteiger partial charge in [0.2, 0.25) is 0 Å². The van der Waals surface area contributed by atoms with Gasteiger partial charge in [-0.25, -0.2) is 0 Å². The van der Waals surface area contributed by atoms with Crippen LogP contribution in [0.25, 0.3) is 0 Å². The van der Waals surface area contributed by atoms with E-state index in [2.05, 4.69) is 26.2 Å². The van der Waals surface area contributed by atoms with Crippen LogP contribution in [0, 0.1) is 0 Å². The summed E-state index contributed by atoms with van der Waals surface area (Å²) in [4.78, 5) is 4.02. The number of likely N-dealkylation sites (N-methyl/N-ethyl adjacent to an activating group) is 1. The van der Waals surface area contributed by atoms with Crippen molar-refractivity contribution in [3.8, 4) is 0 Å². The second kappa shape index (κ2) is 5.32. The van der Waals surface area contributed by atoms with Crippen LogP contribution in [0.15, 0.2) is 22.9 Å². The summed E-state index contributed by atoms with van der Waals surface area (Å²) in [6.07, 6.45) is 3.78. The highest BCUT2D eigenvalue weighted by atomic mass is 79.9. The van der Waals surface area contributed by atoms with E-state index in [0.29, 0.717) is 13.0 Å². The monoisotopic (exact) mass is 244 g/mol. The molecule has 4 heteroatoms. The molecule has 0 saturated heterocycles. The molecule has 0 aliphatic carbocycles. The Labute approximate surface area is 86.3 Å². The van der Waals surface area contributed by atoms with Gasteiger partial charge in [0, 0.05) is 29.8 Å². The quantitative estimate of drug-likeness (QED) is 0.830. The van der Waals surface area contributed by atoms with Gasteiger partial charge in [-0.2, -0.15) is 0 Å². The summed E-state index contributed by atoms with van der Waals surface area (Å²) in [5, 5.41) is 12.4. The van der Waals surface area contributed by atoms with Crippen LogP contribution in [-0.4, -0.2) is 29.8 Å². The molecule has 0 aliphatic heterocycles. The minimum atomic E-state index is -0.346. The van der Waals surface area contributed by atoms with Crippen molar-refractivity contribution in [2.75, 3.05) is 13.6 Å². The Balaban J connectivity index is 2.53. The average Bonchev–Trinajstić information content (AvgIpc) is 2.04. The first kappa shape index (κ1) is 10.6. The first-order valence-corrected chi connectivity index (χ1v) is 4.93. The number of aliphatic hydroxyl groups is 1. The molecule has 0 fully saturated rings. The van der Waals surface area contributed by atoms with Crippen molar-refractivity contribution >= 4 is 15.9 Å². The third kappa shape index (κ3) is 3.85. The molecule has 0 spiro atoms. The van der Waals surface area contributed by atoms with Crippen molar-refractivity contribution in [1.29, 1.82) is 0 Å². The van der Waals surface area contributed by atoms with E-state index in [-0.39, 0.29) is 6.10 Å². The van der Waals surface area contributed by atoms with Crippen molar-refractivity contribution < 1.29 is 5.11 Å². The van der Waals surface area contributed by atoms with E-state index < -0.39 is 0 Å². The molecule has 1 heterocycles. The molecule has 0 radical (unpaired) electrons. The fraction of sp³-hybridized carbons (Fsp3) is 0.444. The zero-order chi connectivity index (χ0) is 9.68. The predicted molar refractivity (Wildman–Crippen MR) is 55.6 cm³/mol. The van der Waals surface area contributed by atoms with E-state index in [1.165, 1.54) is 0 Å². The van der Waals surface area contributed by atoms with Crippen LogP contribution in [0.1, 0.15) is 5.56 Å². The van der Waals surface area contributed by atoms with Gasteiger partial charge in [0.15, 0.2) is 0 Å². The summed E-state index contributed by atoms with van der Waals surface area (Å²) in [6.45, 7) is 0.604. The summed E-state index contributed by atoms with van der Waals surface area (Å²) in [5.74, 6) is 0. The van der Waals surface area contributed by atoms with E-state index in [1.807, 2.05) is 13.1 Å². The van der Waals surface area contributed by atoms with Gasteiger partial charge in [0.05, 0.1) is 6.10 Å². The van der Waals surface area contributed by atoms with Crippen LogP contribution in [0.2, 0.25) is 0 Å². The van der Waals surface area contributed by atoms with Crippen LogP contribution in [0.4, 0.5) is 0 Å². The molecule has 0 saturated carbocycles. The number of hydrogen-bond donors (Lipinski definition) is 2. The van der Waals surface area contributed by atoms with Gasteiger partial charge in [-0.1, -0.05) is 0 Å². The number of aliphatic hydroxyl groups excluding tert-OH is 1. The summed E-state index contributed by atoms with van der Waals surface area (Å²) < 4.78 is 0.946. The molecular formula is C9H13BrN2O. The molecule has 0 aliphatic rings. The van der Waals surface area contributed by atoms with E-state index in [4.69, 9.17) is 0 Å². The van der Waals surface area contributed by atoms with Crippen molar-refractivity contribution in [2.24, 2.45) is 0 Å². The molecule has 1 aromatic rings. The number of nitrogens with one attached hydrogen (secondary N) is 1. The highest BCUT2D eigenvalue weighted by molar-refractivity contribution is 9.10. The number of rotatable bonds is 4. The lowest BCUT2D eigenvalue weighted by atomic mass is 10.1. The van der Waals surface area contributed by atoms with Crippen LogP contribution in [0.3, 0.4) is 0 Å². The summed E-state index contributed by atoms with van der Waals surface area (Å²) in [7, 11) is 1.82. The smallest absolute Gasteiger partial charge is 0.0705 e. The molecule has 1 atom stereocenters. The Morgan fingerprint density at radius 3 is 3.00 bits per heavy atom. The Bertz CT molecular complexity index is 268. The molecule has 0 bridgehead atoms. The second-order valence-corrected chi connectivity index (χ2v) is 3.84. The Kier molecular flexibility index (Phi) is 4.35. The number of nitrogens with zero attached hydrogens (tertiary/aromatic N) is 1. The maximum Gasteiger partial charge on any atom is 0.0705 e. The molecule has 72 valence electrons. The third-order valence-electron chi connectivity index (χ3n) is 1.67.